The van der Waals surface area contributed by atoms with Crippen LogP contribution in [-0.4, -0.2) is 14.9 Å². The molecule has 3 rings (SSSR count). The van der Waals surface area contributed by atoms with Crippen LogP contribution in [0.25, 0.3) is 5.69 Å². The van der Waals surface area contributed by atoms with Crippen LogP contribution in [0.4, 0.5) is 13.2 Å². The van der Waals surface area contributed by atoms with Crippen molar-refractivity contribution >= 4 is 11.6 Å². The first-order chi connectivity index (χ1) is 15.2. The Morgan fingerprint density at radius 3 is 2.59 bits per heavy atom. The van der Waals surface area contributed by atoms with E-state index in [4.69, 9.17) is 11.6 Å². The van der Waals surface area contributed by atoms with Crippen molar-refractivity contribution < 1.29 is 18.3 Å². The number of aromatic nitrogens is 2. The van der Waals surface area contributed by atoms with E-state index in [0.717, 1.165) is 24.2 Å². The highest BCUT2D eigenvalue weighted by Gasteiger charge is 2.31. The summed E-state index contributed by atoms with van der Waals surface area (Å²) in [6.45, 7) is 5.51. The normalized spacial score (nSPS) is 13.7. The molecule has 1 unspecified atom stereocenters. The van der Waals surface area contributed by atoms with Gasteiger partial charge in [-0.25, -0.2) is 4.68 Å². The average Bonchev–Trinajstić information content (AvgIpc) is 3.14. The number of rotatable bonds is 9. The molecule has 3 aromatic rings. The first kappa shape index (κ1) is 24.0. The lowest BCUT2D eigenvalue weighted by Gasteiger charge is -2.24. The molecule has 0 aliphatic rings. The summed E-state index contributed by atoms with van der Waals surface area (Å²) in [5, 5.41) is 18.9. The van der Waals surface area contributed by atoms with E-state index in [2.05, 4.69) is 17.0 Å². The van der Waals surface area contributed by atoms with E-state index >= 15 is 0 Å². The lowest BCUT2D eigenvalue weighted by Crippen LogP contribution is -2.27. The van der Waals surface area contributed by atoms with Gasteiger partial charge in [0.05, 0.1) is 17.4 Å². The van der Waals surface area contributed by atoms with E-state index in [1.54, 1.807) is 35.2 Å². The standard InChI is InChI=1S/C24H25ClF3N3O/c1-3-4-5-9-22(17-7-6-8-18(14-17)24(26,27)28)30-23(32)21-15-29-31(16(21)2)20-12-10-19(25)11-13-20/h3,6-8,10-15,22-23,30,32H,1,4-5,9H2,2H3/t22-,23?/m0/s1. The van der Waals surface area contributed by atoms with Crippen molar-refractivity contribution in [3.63, 3.8) is 0 Å². The molecule has 0 aliphatic heterocycles. The van der Waals surface area contributed by atoms with Crippen molar-refractivity contribution in [2.75, 3.05) is 0 Å². The molecule has 0 radical (unpaired) electrons. The SMILES string of the molecule is C=CCCC[C@H](NC(O)c1cnn(-c2ccc(Cl)cc2)c1C)c1cccc(C(F)(F)F)c1. The van der Waals surface area contributed by atoms with Gasteiger partial charge >= 0.3 is 6.18 Å². The van der Waals surface area contributed by atoms with Gasteiger partial charge in [0.25, 0.3) is 0 Å². The van der Waals surface area contributed by atoms with Gasteiger partial charge in [-0.05, 0) is 68.1 Å². The van der Waals surface area contributed by atoms with Gasteiger partial charge < -0.3 is 5.11 Å². The second-order valence-corrected chi connectivity index (χ2v) is 7.97. The number of aliphatic hydroxyl groups is 1. The molecule has 2 atom stereocenters. The van der Waals surface area contributed by atoms with Gasteiger partial charge in [0, 0.05) is 22.3 Å². The quantitative estimate of drug-likeness (QED) is 0.215. The summed E-state index contributed by atoms with van der Waals surface area (Å²) in [5.74, 6) is 0. The second kappa shape index (κ2) is 10.3. The van der Waals surface area contributed by atoms with Gasteiger partial charge in [-0.2, -0.15) is 18.3 Å². The zero-order valence-electron chi connectivity index (χ0n) is 17.6. The minimum atomic E-state index is -4.43. The average molecular weight is 464 g/mol. The van der Waals surface area contributed by atoms with Crippen LogP contribution in [0.15, 0.2) is 67.4 Å². The van der Waals surface area contributed by atoms with Crippen molar-refractivity contribution in [3.05, 3.63) is 94.8 Å². The molecule has 8 heteroatoms. The third-order valence-electron chi connectivity index (χ3n) is 5.29. The number of allylic oxidation sites excluding steroid dienone is 1. The molecule has 1 aromatic heterocycles. The van der Waals surface area contributed by atoms with E-state index in [-0.39, 0.29) is 0 Å². The highest BCUT2D eigenvalue weighted by Crippen LogP contribution is 2.32. The van der Waals surface area contributed by atoms with E-state index < -0.39 is 24.0 Å². The smallest absolute Gasteiger partial charge is 0.374 e. The first-order valence-electron chi connectivity index (χ1n) is 10.2. The molecule has 4 nitrogen and oxygen atoms in total. The van der Waals surface area contributed by atoms with Crippen LogP contribution in [-0.2, 0) is 6.18 Å². The van der Waals surface area contributed by atoms with Gasteiger partial charge in [0.15, 0.2) is 0 Å². The van der Waals surface area contributed by atoms with Crippen molar-refractivity contribution in [1.29, 1.82) is 0 Å². The molecule has 2 aromatic carbocycles. The zero-order chi connectivity index (χ0) is 23.3. The van der Waals surface area contributed by atoms with Crippen LogP contribution < -0.4 is 5.32 Å². The molecule has 170 valence electrons. The van der Waals surface area contributed by atoms with Crippen molar-refractivity contribution in [2.24, 2.45) is 0 Å². The van der Waals surface area contributed by atoms with Crippen molar-refractivity contribution in [1.82, 2.24) is 15.1 Å². The number of nitrogens with zero attached hydrogens (tertiary/aromatic N) is 2. The summed E-state index contributed by atoms with van der Waals surface area (Å²) in [7, 11) is 0. The van der Waals surface area contributed by atoms with Crippen LogP contribution in [0, 0.1) is 6.92 Å². The maximum Gasteiger partial charge on any atom is 0.416 e. The summed E-state index contributed by atoms with van der Waals surface area (Å²) < 4.78 is 41.3. The molecule has 0 fully saturated rings. The Morgan fingerprint density at radius 1 is 1.22 bits per heavy atom. The van der Waals surface area contributed by atoms with E-state index in [9.17, 15) is 18.3 Å². The monoisotopic (exact) mass is 463 g/mol. The number of benzene rings is 2. The molecule has 0 amide bonds. The Morgan fingerprint density at radius 2 is 1.94 bits per heavy atom. The van der Waals surface area contributed by atoms with Crippen LogP contribution in [0.5, 0.6) is 0 Å². The summed E-state index contributed by atoms with van der Waals surface area (Å²) in [6, 6.07) is 11.8. The maximum absolute atomic E-state index is 13.2. The number of hydrogen-bond donors (Lipinski definition) is 2. The van der Waals surface area contributed by atoms with Gasteiger partial charge in [-0.1, -0.05) is 29.8 Å². The molecule has 0 spiro atoms. The Hall–Kier alpha value is -2.61. The van der Waals surface area contributed by atoms with Gasteiger partial charge in [0.2, 0.25) is 0 Å². The Balaban J connectivity index is 1.85. The fourth-order valence-electron chi connectivity index (χ4n) is 3.56. The topological polar surface area (TPSA) is 50.1 Å². The molecule has 32 heavy (non-hydrogen) atoms. The molecular weight excluding hydrogens is 439 g/mol. The lowest BCUT2D eigenvalue weighted by atomic mass is 9.98. The minimum Gasteiger partial charge on any atom is -0.374 e. The van der Waals surface area contributed by atoms with Gasteiger partial charge in [-0.15, -0.1) is 6.58 Å². The fraction of sp³-hybridized carbons (Fsp3) is 0.292. The Kier molecular flexibility index (Phi) is 7.77. The molecule has 0 saturated carbocycles. The molecular formula is C24H25ClF3N3O. The van der Waals surface area contributed by atoms with E-state index in [0.29, 0.717) is 34.7 Å². The summed E-state index contributed by atoms with van der Waals surface area (Å²) in [6.07, 6.45) is -0.257. The minimum absolute atomic E-state index is 0.464. The predicted octanol–water partition coefficient (Wildman–Crippen LogP) is 6.53. The summed E-state index contributed by atoms with van der Waals surface area (Å²) >= 11 is 5.95. The van der Waals surface area contributed by atoms with Crippen LogP contribution in [0.2, 0.25) is 5.02 Å². The molecule has 0 saturated heterocycles. The Bertz CT molecular complexity index is 1050. The Labute approximate surface area is 190 Å². The van der Waals surface area contributed by atoms with Crippen LogP contribution in [0.1, 0.15) is 53.9 Å². The lowest BCUT2D eigenvalue weighted by molar-refractivity contribution is -0.137. The van der Waals surface area contributed by atoms with E-state index in [1.807, 2.05) is 19.1 Å². The number of hydrogen-bond acceptors (Lipinski definition) is 3. The molecule has 0 aliphatic carbocycles. The largest absolute Gasteiger partial charge is 0.416 e. The number of alkyl halides is 3. The van der Waals surface area contributed by atoms with Gasteiger partial charge in [0.1, 0.15) is 6.23 Å². The fourth-order valence-corrected chi connectivity index (χ4v) is 3.68. The predicted molar refractivity (Wildman–Crippen MR) is 120 cm³/mol. The number of aliphatic hydroxyl groups excluding tert-OH is 1. The highest BCUT2D eigenvalue weighted by molar-refractivity contribution is 6.30. The third-order valence-corrected chi connectivity index (χ3v) is 5.54. The van der Waals surface area contributed by atoms with Crippen molar-refractivity contribution in [3.8, 4) is 5.69 Å². The molecule has 0 bridgehead atoms. The van der Waals surface area contributed by atoms with Crippen LogP contribution >= 0.6 is 11.6 Å². The third kappa shape index (κ3) is 5.79. The first-order valence-corrected chi connectivity index (χ1v) is 10.6. The number of nitrogens with one attached hydrogen (secondary N) is 1. The highest BCUT2D eigenvalue weighted by atomic mass is 35.5. The molecule has 2 N–H and O–H groups in total. The number of unbranched alkanes of at least 4 members (excludes halogenated alkanes) is 1. The van der Waals surface area contributed by atoms with E-state index in [1.165, 1.54) is 6.07 Å². The zero-order valence-corrected chi connectivity index (χ0v) is 18.4. The number of halogens is 4. The summed E-state index contributed by atoms with van der Waals surface area (Å²) in [5.41, 5.74) is 1.78. The maximum atomic E-state index is 13.2. The van der Waals surface area contributed by atoms with Gasteiger partial charge in [-0.3, -0.25) is 5.32 Å². The second-order valence-electron chi connectivity index (χ2n) is 7.54. The van der Waals surface area contributed by atoms with Crippen LogP contribution in [0.3, 0.4) is 0 Å². The molecule has 1 heterocycles. The van der Waals surface area contributed by atoms with Crippen molar-refractivity contribution in [2.45, 2.75) is 44.6 Å². The summed E-state index contributed by atoms with van der Waals surface area (Å²) in [4.78, 5) is 0.